The van der Waals surface area contributed by atoms with E-state index >= 15 is 0 Å². The second-order valence-electron chi connectivity index (χ2n) is 8.03. The molecule has 0 radical (unpaired) electrons. The van der Waals surface area contributed by atoms with Crippen LogP contribution in [0.5, 0.6) is 0 Å². The Kier molecular flexibility index (Phi) is 7.91. The largest absolute Gasteiger partial charge is 0.341 e. The standard InChI is InChI=1S/C22H31FN2O2S/c1-17(26)19-8-9-21(20(23)14-19)28-16-22(27)25-11-5-10-24(12-13-25)15-18-6-3-2-4-7-18/h8-9,14,18H,2-7,10-13,15-16H2,1H3. The van der Waals surface area contributed by atoms with E-state index in [1.165, 1.54) is 63.4 Å². The van der Waals surface area contributed by atoms with Crippen molar-refractivity contribution in [2.75, 3.05) is 38.5 Å². The summed E-state index contributed by atoms with van der Waals surface area (Å²) in [6.07, 6.45) is 7.82. The van der Waals surface area contributed by atoms with Crippen molar-refractivity contribution in [1.82, 2.24) is 9.80 Å². The average Bonchev–Trinajstić information content (AvgIpc) is 2.93. The second kappa shape index (κ2) is 10.4. The van der Waals surface area contributed by atoms with Gasteiger partial charge in [0.05, 0.1) is 5.75 Å². The van der Waals surface area contributed by atoms with Gasteiger partial charge < -0.3 is 9.80 Å². The first-order chi connectivity index (χ1) is 13.5. The van der Waals surface area contributed by atoms with Crippen molar-refractivity contribution in [3.8, 4) is 0 Å². The smallest absolute Gasteiger partial charge is 0.232 e. The first-order valence-corrected chi connectivity index (χ1v) is 11.4. The van der Waals surface area contributed by atoms with Crippen molar-refractivity contribution in [2.45, 2.75) is 50.3 Å². The Morgan fingerprint density at radius 2 is 1.86 bits per heavy atom. The van der Waals surface area contributed by atoms with Crippen LogP contribution in [0.3, 0.4) is 0 Å². The molecule has 1 saturated heterocycles. The zero-order chi connectivity index (χ0) is 19.9. The highest BCUT2D eigenvalue weighted by Crippen LogP contribution is 2.25. The van der Waals surface area contributed by atoms with Gasteiger partial charge in [0.1, 0.15) is 5.82 Å². The van der Waals surface area contributed by atoms with E-state index in [9.17, 15) is 14.0 Å². The molecule has 0 unspecified atom stereocenters. The van der Waals surface area contributed by atoms with Crippen LogP contribution in [-0.4, -0.2) is 60.0 Å². The predicted molar refractivity (Wildman–Crippen MR) is 111 cm³/mol. The van der Waals surface area contributed by atoms with Gasteiger partial charge in [-0.05, 0) is 50.8 Å². The fourth-order valence-electron chi connectivity index (χ4n) is 4.21. The van der Waals surface area contributed by atoms with Gasteiger partial charge in [-0.25, -0.2) is 4.39 Å². The van der Waals surface area contributed by atoms with Crippen LogP contribution in [-0.2, 0) is 4.79 Å². The number of ketones is 1. The van der Waals surface area contributed by atoms with Crippen molar-refractivity contribution in [2.24, 2.45) is 5.92 Å². The first-order valence-electron chi connectivity index (χ1n) is 10.5. The second-order valence-corrected chi connectivity index (χ2v) is 9.05. The fourth-order valence-corrected chi connectivity index (χ4v) is 5.03. The predicted octanol–water partition coefficient (Wildman–Crippen LogP) is 4.24. The molecular formula is C22H31FN2O2S. The fraction of sp³-hybridized carbons (Fsp3) is 0.636. The molecule has 0 N–H and O–H groups in total. The molecular weight excluding hydrogens is 375 g/mol. The molecule has 0 spiro atoms. The summed E-state index contributed by atoms with van der Waals surface area (Å²) >= 11 is 1.21. The molecule has 28 heavy (non-hydrogen) atoms. The maximum absolute atomic E-state index is 14.1. The van der Waals surface area contributed by atoms with E-state index in [2.05, 4.69) is 4.90 Å². The molecule has 0 bridgehead atoms. The number of Topliss-reactive ketones (excluding diaryl/α,β-unsaturated/α-hetero) is 1. The minimum absolute atomic E-state index is 0.0690. The molecule has 154 valence electrons. The molecule has 1 saturated carbocycles. The number of carbonyl (C=O) groups is 2. The minimum Gasteiger partial charge on any atom is -0.341 e. The van der Waals surface area contributed by atoms with Crippen LogP contribution in [0.4, 0.5) is 4.39 Å². The highest BCUT2D eigenvalue weighted by molar-refractivity contribution is 8.00. The molecule has 1 aliphatic heterocycles. The summed E-state index contributed by atoms with van der Waals surface area (Å²) in [4.78, 5) is 28.8. The van der Waals surface area contributed by atoms with E-state index in [-0.39, 0.29) is 17.4 Å². The Hall–Kier alpha value is -1.40. The van der Waals surface area contributed by atoms with E-state index in [1.54, 1.807) is 12.1 Å². The highest BCUT2D eigenvalue weighted by Gasteiger charge is 2.22. The minimum atomic E-state index is -0.431. The van der Waals surface area contributed by atoms with Gasteiger partial charge >= 0.3 is 0 Å². The molecule has 4 nitrogen and oxygen atoms in total. The summed E-state index contributed by atoms with van der Waals surface area (Å²) in [5.41, 5.74) is 0.360. The molecule has 1 aliphatic carbocycles. The molecule has 6 heteroatoms. The number of amides is 1. The van der Waals surface area contributed by atoms with Crippen LogP contribution in [0.1, 0.15) is 55.8 Å². The van der Waals surface area contributed by atoms with Crippen molar-refractivity contribution >= 4 is 23.5 Å². The number of benzene rings is 1. The lowest BCUT2D eigenvalue weighted by Gasteiger charge is -2.28. The Balaban J connectivity index is 1.46. The Labute approximate surface area is 171 Å². The zero-order valence-electron chi connectivity index (χ0n) is 16.8. The summed E-state index contributed by atoms with van der Waals surface area (Å²) in [7, 11) is 0. The highest BCUT2D eigenvalue weighted by atomic mass is 32.2. The van der Waals surface area contributed by atoms with Gasteiger partial charge in [-0.1, -0.05) is 25.3 Å². The lowest BCUT2D eigenvalue weighted by Crippen LogP contribution is -2.37. The van der Waals surface area contributed by atoms with Gasteiger partial charge in [-0.15, -0.1) is 11.8 Å². The third kappa shape index (κ3) is 6.05. The van der Waals surface area contributed by atoms with Crippen LogP contribution in [0, 0.1) is 11.7 Å². The van der Waals surface area contributed by atoms with Crippen molar-refractivity contribution in [3.05, 3.63) is 29.6 Å². The van der Waals surface area contributed by atoms with E-state index in [4.69, 9.17) is 0 Å². The van der Waals surface area contributed by atoms with Gasteiger partial charge in [-0.3, -0.25) is 9.59 Å². The molecule has 2 fully saturated rings. The lowest BCUT2D eigenvalue weighted by molar-refractivity contribution is -0.128. The van der Waals surface area contributed by atoms with E-state index < -0.39 is 5.82 Å². The van der Waals surface area contributed by atoms with Gasteiger partial charge in [-0.2, -0.15) is 0 Å². The normalized spacial score (nSPS) is 19.4. The van der Waals surface area contributed by atoms with Crippen molar-refractivity contribution in [3.63, 3.8) is 0 Å². The number of nitrogens with zero attached hydrogens (tertiary/aromatic N) is 2. The molecule has 1 heterocycles. The topological polar surface area (TPSA) is 40.6 Å². The summed E-state index contributed by atoms with van der Waals surface area (Å²) in [5, 5.41) is 0. The first kappa shape index (κ1) is 21.3. The van der Waals surface area contributed by atoms with Gasteiger partial charge in [0.2, 0.25) is 5.91 Å². The van der Waals surface area contributed by atoms with Crippen LogP contribution < -0.4 is 0 Å². The molecule has 0 atom stereocenters. The summed E-state index contributed by atoms with van der Waals surface area (Å²) in [6, 6.07) is 4.47. The van der Waals surface area contributed by atoms with E-state index in [0.717, 1.165) is 38.5 Å². The molecule has 2 aliphatic rings. The Morgan fingerprint density at radius 3 is 2.57 bits per heavy atom. The van der Waals surface area contributed by atoms with Crippen LogP contribution in [0.25, 0.3) is 0 Å². The summed E-state index contributed by atoms with van der Waals surface area (Å²) in [6.45, 7) is 6.14. The summed E-state index contributed by atoms with van der Waals surface area (Å²) < 4.78 is 14.1. The SMILES string of the molecule is CC(=O)c1ccc(SCC(=O)N2CCCN(CC3CCCCC3)CC2)c(F)c1. The number of rotatable bonds is 6. The maximum Gasteiger partial charge on any atom is 0.232 e. The lowest BCUT2D eigenvalue weighted by atomic mass is 9.89. The molecule has 1 amide bonds. The molecule has 1 aromatic carbocycles. The van der Waals surface area contributed by atoms with Crippen LogP contribution >= 0.6 is 11.8 Å². The molecule has 1 aromatic rings. The Bertz CT molecular complexity index is 691. The maximum atomic E-state index is 14.1. The third-order valence-corrected chi connectivity index (χ3v) is 6.91. The molecule has 3 rings (SSSR count). The number of hydrogen-bond donors (Lipinski definition) is 0. The monoisotopic (exact) mass is 406 g/mol. The van der Waals surface area contributed by atoms with E-state index in [1.807, 2.05) is 4.90 Å². The summed E-state index contributed by atoms with van der Waals surface area (Å²) in [5.74, 6) is 0.542. The quantitative estimate of drug-likeness (QED) is 0.523. The van der Waals surface area contributed by atoms with E-state index in [0.29, 0.717) is 10.5 Å². The number of halogens is 1. The zero-order valence-corrected chi connectivity index (χ0v) is 17.6. The van der Waals surface area contributed by atoms with Gasteiger partial charge in [0.15, 0.2) is 5.78 Å². The number of thioether (sulfide) groups is 1. The Morgan fingerprint density at radius 1 is 1.07 bits per heavy atom. The van der Waals surface area contributed by atoms with Crippen molar-refractivity contribution in [1.29, 1.82) is 0 Å². The van der Waals surface area contributed by atoms with Gasteiger partial charge in [0, 0.05) is 36.6 Å². The van der Waals surface area contributed by atoms with Crippen molar-refractivity contribution < 1.29 is 14.0 Å². The number of carbonyl (C=O) groups excluding carboxylic acids is 2. The van der Waals surface area contributed by atoms with Gasteiger partial charge in [0.25, 0.3) is 0 Å². The average molecular weight is 407 g/mol. The third-order valence-electron chi connectivity index (χ3n) is 5.87. The number of hydrogen-bond acceptors (Lipinski definition) is 4. The van der Waals surface area contributed by atoms with Crippen LogP contribution in [0.2, 0.25) is 0 Å². The van der Waals surface area contributed by atoms with Crippen LogP contribution in [0.15, 0.2) is 23.1 Å². The molecule has 0 aromatic heterocycles.